The Bertz CT molecular complexity index is 984. The van der Waals surface area contributed by atoms with Gasteiger partial charge in [0, 0.05) is 30.2 Å². The summed E-state index contributed by atoms with van der Waals surface area (Å²) in [5.41, 5.74) is 4.03. The summed E-state index contributed by atoms with van der Waals surface area (Å²) in [5, 5.41) is 16.7. The van der Waals surface area contributed by atoms with E-state index in [9.17, 15) is 4.21 Å². The van der Waals surface area contributed by atoms with Gasteiger partial charge in [0.2, 0.25) is 0 Å². The Morgan fingerprint density at radius 1 is 1.27 bits per heavy atom. The fraction of sp³-hybridized carbons (Fsp3) is 0.294. The molecule has 1 aromatic carbocycles. The molecule has 0 saturated heterocycles. The number of hydrogen-bond donors (Lipinski definition) is 4. The van der Waals surface area contributed by atoms with Crippen molar-refractivity contribution >= 4 is 32.5 Å². The van der Waals surface area contributed by atoms with Crippen molar-refractivity contribution < 1.29 is 4.21 Å². The van der Waals surface area contributed by atoms with E-state index >= 15 is 0 Å². The predicted octanol–water partition coefficient (Wildman–Crippen LogP) is 1.62. The first-order valence-electron chi connectivity index (χ1n) is 8.32. The molecule has 0 spiro atoms. The van der Waals surface area contributed by atoms with Gasteiger partial charge in [-0.25, -0.2) is 24.0 Å². The zero-order chi connectivity index (χ0) is 18.6. The molecule has 2 heterocycles. The van der Waals surface area contributed by atoms with Gasteiger partial charge in [-0.15, -0.1) is 0 Å². The monoisotopic (exact) mass is 373 g/mol. The molecule has 2 aromatic heterocycles. The number of unbranched alkanes of at least 4 members (excludes halogenated alkanes) is 1. The molecule has 8 nitrogen and oxygen atoms in total. The molecule has 0 aliphatic carbocycles. The molecule has 9 heteroatoms. The first kappa shape index (κ1) is 18.3. The predicted molar refractivity (Wildman–Crippen MR) is 107 cm³/mol. The van der Waals surface area contributed by atoms with Crippen LogP contribution in [0.2, 0.25) is 0 Å². The van der Waals surface area contributed by atoms with Crippen molar-refractivity contribution in [2.24, 2.45) is 5.14 Å². The van der Waals surface area contributed by atoms with Crippen molar-refractivity contribution in [2.75, 3.05) is 18.4 Å². The van der Waals surface area contributed by atoms with E-state index in [4.69, 9.17) is 5.14 Å². The largest absolute Gasteiger partial charge is 0.369 e. The number of fused-ring (bicyclic) bond motifs is 1. The molecule has 0 saturated carbocycles. The maximum absolute atomic E-state index is 11.2. The first-order chi connectivity index (χ1) is 12.4. The quantitative estimate of drug-likeness (QED) is 0.353. The van der Waals surface area contributed by atoms with E-state index in [2.05, 4.69) is 49.1 Å². The molecular formula is C17H23N7OS. The minimum atomic E-state index is -2.62. The molecule has 0 aliphatic rings. The summed E-state index contributed by atoms with van der Waals surface area (Å²) in [6.07, 6.45) is 5.02. The summed E-state index contributed by atoms with van der Waals surface area (Å²) >= 11 is 0. The number of benzene rings is 1. The molecule has 138 valence electrons. The molecule has 3 rings (SSSR count). The fourth-order valence-corrected chi connectivity index (χ4v) is 3.24. The van der Waals surface area contributed by atoms with Gasteiger partial charge in [0.05, 0.1) is 21.1 Å². The number of nitrogens with zero attached hydrogens (tertiary/aromatic N) is 3. The highest BCUT2D eigenvalue weighted by molar-refractivity contribution is 7.96. The van der Waals surface area contributed by atoms with Crippen molar-refractivity contribution in [3.63, 3.8) is 0 Å². The lowest BCUT2D eigenvalue weighted by Crippen LogP contribution is -2.31. The van der Waals surface area contributed by atoms with Crippen LogP contribution >= 0.6 is 0 Å². The van der Waals surface area contributed by atoms with E-state index in [1.807, 2.05) is 12.1 Å². The summed E-state index contributed by atoms with van der Waals surface area (Å²) < 4.78 is 14.0. The lowest BCUT2D eigenvalue weighted by Gasteiger charge is -2.11. The lowest BCUT2D eigenvalue weighted by atomic mass is 10.0. The number of aromatic nitrogens is 4. The number of nitrogens with two attached hydrogens (primary N) is 1. The molecule has 0 aliphatic heterocycles. The van der Waals surface area contributed by atoms with E-state index in [0.717, 1.165) is 52.9 Å². The minimum Gasteiger partial charge on any atom is -0.369 e. The van der Waals surface area contributed by atoms with Crippen molar-refractivity contribution in [1.29, 1.82) is 0 Å². The molecule has 0 fully saturated rings. The number of H-pyrrole nitrogens is 1. The molecular weight excluding hydrogens is 350 g/mol. The van der Waals surface area contributed by atoms with Crippen LogP contribution in [-0.4, -0.2) is 43.3 Å². The molecule has 5 N–H and O–H groups in total. The maximum Gasteiger partial charge on any atom is 0.137 e. The molecule has 0 amide bonds. The van der Waals surface area contributed by atoms with Crippen molar-refractivity contribution in [1.82, 2.24) is 24.9 Å². The van der Waals surface area contributed by atoms with Gasteiger partial charge in [0.25, 0.3) is 0 Å². The number of nitrogens with one attached hydrogen (secondary N) is 3. The van der Waals surface area contributed by atoms with Crippen LogP contribution in [0.25, 0.3) is 22.2 Å². The van der Waals surface area contributed by atoms with Crippen LogP contribution in [0, 0.1) is 6.92 Å². The molecule has 3 aromatic rings. The highest BCUT2D eigenvalue weighted by Crippen LogP contribution is 2.28. The fourth-order valence-electron chi connectivity index (χ4n) is 2.75. The van der Waals surface area contributed by atoms with E-state index in [0.29, 0.717) is 6.54 Å². The second-order valence-corrected chi connectivity index (χ2v) is 7.87. The third kappa shape index (κ3) is 4.57. The Morgan fingerprint density at radius 3 is 2.81 bits per heavy atom. The molecule has 0 bridgehead atoms. The normalized spacial score (nSPS) is 13.6. The van der Waals surface area contributed by atoms with E-state index in [1.165, 1.54) is 0 Å². The minimum absolute atomic E-state index is 0.567. The van der Waals surface area contributed by atoms with Crippen LogP contribution in [0.1, 0.15) is 18.4 Å². The third-order valence-corrected chi connectivity index (χ3v) is 4.71. The summed E-state index contributed by atoms with van der Waals surface area (Å²) in [6, 6.07) is 6.07. The van der Waals surface area contributed by atoms with E-state index < -0.39 is 9.89 Å². The average Bonchev–Trinajstić information content (AvgIpc) is 3.11. The van der Waals surface area contributed by atoms with Crippen LogP contribution in [0.5, 0.6) is 0 Å². The van der Waals surface area contributed by atoms with Gasteiger partial charge in [-0.05, 0) is 49.4 Å². The maximum atomic E-state index is 11.2. The Morgan fingerprint density at radius 2 is 2.08 bits per heavy atom. The van der Waals surface area contributed by atoms with Gasteiger partial charge in [-0.3, -0.25) is 5.10 Å². The van der Waals surface area contributed by atoms with Gasteiger partial charge in [0.15, 0.2) is 0 Å². The molecule has 0 radical (unpaired) electrons. The Hall–Kier alpha value is -2.49. The van der Waals surface area contributed by atoms with Gasteiger partial charge >= 0.3 is 0 Å². The van der Waals surface area contributed by atoms with Crippen molar-refractivity contribution in [3.8, 4) is 11.3 Å². The van der Waals surface area contributed by atoms with Crippen LogP contribution in [0.4, 0.5) is 5.82 Å². The van der Waals surface area contributed by atoms with Crippen molar-refractivity contribution in [3.05, 3.63) is 36.3 Å². The topological polar surface area (TPSA) is 122 Å². The molecule has 1 atom stereocenters. The van der Waals surface area contributed by atoms with Gasteiger partial charge < -0.3 is 5.32 Å². The molecule has 26 heavy (non-hydrogen) atoms. The van der Waals surface area contributed by atoms with Crippen LogP contribution in [0.3, 0.4) is 0 Å². The zero-order valence-electron chi connectivity index (χ0n) is 14.7. The number of aryl methyl sites for hydroxylation is 1. The van der Waals surface area contributed by atoms with Gasteiger partial charge in [0.1, 0.15) is 12.1 Å². The average molecular weight is 373 g/mol. The second kappa shape index (κ2) is 7.81. The van der Waals surface area contributed by atoms with Crippen LogP contribution in [-0.2, 0) is 9.89 Å². The molecule has 1 unspecified atom stereocenters. The highest BCUT2D eigenvalue weighted by Gasteiger charge is 2.09. The van der Waals surface area contributed by atoms with Gasteiger partial charge in [-0.1, -0.05) is 0 Å². The number of aromatic amines is 1. The van der Waals surface area contributed by atoms with E-state index in [1.54, 1.807) is 12.5 Å². The second-order valence-electron chi connectivity index (χ2n) is 6.13. The summed E-state index contributed by atoms with van der Waals surface area (Å²) in [7, 11) is -2.62. The summed E-state index contributed by atoms with van der Waals surface area (Å²) in [4.78, 5) is 8.75. The smallest absolute Gasteiger partial charge is 0.137 e. The third-order valence-electron chi connectivity index (χ3n) is 4.01. The van der Waals surface area contributed by atoms with Crippen LogP contribution < -0.4 is 15.2 Å². The Balaban J connectivity index is 1.69. The zero-order valence-corrected chi connectivity index (χ0v) is 15.5. The Labute approximate surface area is 152 Å². The number of anilines is 1. The SMILES string of the molecule is C=S(N)(=O)NCCCCNc1ncnc2cc(-c3ccn[nH]3)c(C)cc12. The van der Waals surface area contributed by atoms with Crippen LogP contribution in [0.15, 0.2) is 30.7 Å². The van der Waals surface area contributed by atoms with Gasteiger partial charge in [-0.2, -0.15) is 5.10 Å². The Kier molecular flexibility index (Phi) is 5.50. The van der Waals surface area contributed by atoms with Crippen molar-refractivity contribution in [2.45, 2.75) is 19.8 Å². The van der Waals surface area contributed by atoms with E-state index in [-0.39, 0.29) is 0 Å². The summed E-state index contributed by atoms with van der Waals surface area (Å²) in [6.45, 7) is 3.37. The number of hydrogen-bond acceptors (Lipinski definition) is 5. The lowest BCUT2D eigenvalue weighted by molar-refractivity contribution is 0.662. The first-order valence-corrected chi connectivity index (χ1v) is 10.1. The standard InChI is InChI=1S/C17H23N7OS/c1-12-9-14-16(10-13(12)15-5-8-22-24-15)20-11-21-17(14)19-6-3-4-7-23-26(2,18)25/h5,8-11H,2-4,6-7H2,1H3,(H,22,24)(H3,18,23,25)(H,19,20,21). The number of rotatable bonds is 8. The summed E-state index contributed by atoms with van der Waals surface area (Å²) in [5.74, 6) is 4.17. The highest BCUT2D eigenvalue weighted by atomic mass is 32.2.